The van der Waals surface area contributed by atoms with Crippen LogP contribution in [0.4, 0.5) is 5.69 Å². The summed E-state index contributed by atoms with van der Waals surface area (Å²) < 4.78 is 0.959. The molecule has 0 unspecified atom stereocenters. The number of hydrogen-bond acceptors (Lipinski definition) is 2. The van der Waals surface area contributed by atoms with Gasteiger partial charge in [-0.05, 0) is 48.2 Å². The summed E-state index contributed by atoms with van der Waals surface area (Å²) in [5.41, 5.74) is 4.15. The number of anilines is 1. The van der Waals surface area contributed by atoms with Crippen molar-refractivity contribution in [3.63, 3.8) is 0 Å². The highest BCUT2D eigenvalue weighted by atomic mass is 79.9. The summed E-state index contributed by atoms with van der Waals surface area (Å²) >= 11 is 3.39. The maximum Gasteiger partial charge on any atom is 0.233 e. The molecular formula is C19H19BrN2O2. The van der Waals surface area contributed by atoms with E-state index in [1.807, 2.05) is 43.3 Å². The lowest BCUT2D eigenvalue weighted by Gasteiger charge is -2.28. The Morgan fingerprint density at radius 1 is 1.17 bits per heavy atom. The largest absolute Gasteiger partial charge is 0.338 e. The summed E-state index contributed by atoms with van der Waals surface area (Å²) in [7, 11) is 0. The summed E-state index contributed by atoms with van der Waals surface area (Å²) in [4.78, 5) is 26.3. The molecule has 0 saturated heterocycles. The third-order valence-corrected chi connectivity index (χ3v) is 4.75. The Hall–Kier alpha value is -2.14. The van der Waals surface area contributed by atoms with Gasteiger partial charge in [-0.15, -0.1) is 0 Å². The lowest BCUT2D eigenvalue weighted by Crippen LogP contribution is -2.37. The van der Waals surface area contributed by atoms with E-state index in [0.717, 1.165) is 22.1 Å². The molecule has 0 fully saturated rings. The molecule has 0 bridgehead atoms. The van der Waals surface area contributed by atoms with Gasteiger partial charge in [0, 0.05) is 23.2 Å². The average Bonchev–Trinajstić information content (AvgIpc) is 2.57. The molecule has 2 amide bonds. The van der Waals surface area contributed by atoms with E-state index in [-0.39, 0.29) is 18.2 Å². The van der Waals surface area contributed by atoms with Crippen LogP contribution in [-0.2, 0) is 22.6 Å². The fourth-order valence-corrected chi connectivity index (χ4v) is 3.40. The van der Waals surface area contributed by atoms with Gasteiger partial charge in [0.2, 0.25) is 11.8 Å². The monoisotopic (exact) mass is 386 g/mol. The van der Waals surface area contributed by atoms with Crippen molar-refractivity contribution in [2.75, 3.05) is 11.9 Å². The molecular weight excluding hydrogens is 368 g/mol. The Kier molecular flexibility index (Phi) is 5.00. The summed E-state index contributed by atoms with van der Waals surface area (Å²) in [6, 6.07) is 13.8. The molecule has 4 nitrogen and oxygen atoms in total. The number of hydrogen-bond donors (Lipinski definition) is 1. The topological polar surface area (TPSA) is 49.4 Å². The molecule has 1 aliphatic rings. The number of carbonyl (C=O) groups excluding carboxylic acids is 2. The second-order valence-corrected chi connectivity index (χ2v) is 6.93. The fraction of sp³-hybridized carbons (Fsp3) is 0.263. The molecule has 0 atom stereocenters. The van der Waals surface area contributed by atoms with Gasteiger partial charge in [0.05, 0.1) is 0 Å². The van der Waals surface area contributed by atoms with Gasteiger partial charge in [-0.2, -0.15) is 0 Å². The van der Waals surface area contributed by atoms with Crippen molar-refractivity contribution in [3.05, 3.63) is 63.6 Å². The van der Waals surface area contributed by atoms with Gasteiger partial charge in [-0.3, -0.25) is 9.59 Å². The number of aryl methyl sites for hydroxylation is 1. The van der Waals surface area contributed by atoms with Crippen LogP contribution in [0.1, 0.15) is 23.1 Å². The van der Waals surface area contributed by atoms with E-state index in [1.165, 1.54) is 11.1 Å². The number of fused-ring (bicyclic) bond motifs is 1. The van der Waals surface area contributed by atoms with E-state index in [1.54, 1.807) is 4.90 Å². The molecule has 0 aliphatic carbocycles. The molecule has 0 radical (unpaired) electrons. The van der Waals surface area contributed by atoms with Crippen LogP contribution in [0.2, 0.25) is 0 Å². The number of benzene rings is 2. The minimum absolute atomic E-state index is 0.127. The van der Waals surface area contributed by atoms with Gasteiger partial charge in [-0.25, -0.2) is 0 Å². The molecule has 0 aromatic heterocycles. The van der Waals surface area contributed by atoms with Crippen molar-refractivity contribution < 1.29 is 9.59 Å². The van der Waals surface area contributed by atoms with Gasteiger partial charge in [0.15, 0.2) is 0 Å². The number of nitrogens with zero attached hydrogens (tertiary/aromatic N) is 1. The zero-order valence-corrected chi connectivity index (χ0v) is 15.1. The predicted molar refractivity (Wildman–Crippen MR) is 97.7 cm³/mol. The average molecular weight is 387 g/mol. The highest BCUT2D eigenvalue weighted by Gasteiger charge is 2.22. The normalized spacial score (nSPS) is 13.3. The third-order valence-electron chi connectivity index (χ3n) is 4.26. The van der Waals surface area contributed by atoms with E-state index < -0.39 is 0 Å². The van der Waals surface area contributed by atoms with Gasteiger partial charge >= 0.3 is 0 Å². The molecule has 124 valence electrons. The first-order chi connectivity index (χ1) is 11.5. The van der Waals surface area contributed by atoms with Crippen LogP contribution in [0, 0.1) is 6.92 Å². The smallest absolute Gasteiger partial charge is 0.233 e. The number of halogens is 1. The molecule has 2 aromatic carbocycles. The summed E-state index contributed by atoms with van der Waals surface area (Å²) in [6.45, 7) is 3.17. The second-order valence-electron chi connectivity index (χ2n) is 6.02. The molecule has 5 heteroatoms. The van der Waals surface area contributed by atoms with Gasteiger partial charge in [-0.1, -0.05) is 40.2 Å². The summed E-state index contributed by atoms with van der Waals surface area (Å²) in [6.07, 6.45) is 0.715. The molecule has 1 N–H and O–H groups in total. The van der Waals surface area contributed by atoms with Crippen molar-refractivity contribution in [3.8, 4) is 0 Å². The SMILES string of the molecule is Cc1cc(Br)ccc1NC(=O)CC(=O)N1CCc2ccccc2C1. The minimum atomic E-state index is -0.274. The van der Waals surface area contributed by atoms with Gasteiger partial charge in [0.1, 0.15) is 6.42 Å². The molecule has 3 rings (SSSR count). The number of rotatable bonds is 3. The maximum absolute atomic E-state index is 12.4. The zero-order chi connectivity index (χ0) is 17.1. The van der Waals surface area contributed by atoms with Crippen molar-refractivity contribution in [1.82, 2.24) is 4.90 Å². The summed E-state index contributed by atoms with van der Waals surface area (Å²) in [5, 5.41) is 2.82. The number of nitrogens with one attached hydrogen (secondary N) is 1. The van der Waals surface area contributed by atoms with Gasteiger partial charge in [0.25, 0.3) is 0 Å². The van der Waals surface area contributed by atoms with Gasteiger partial charge < -0.3 is 10.2 Å². The van der Waals surface area contributed by atoms with E-state index in [0.29, 0.717) is 13.1 Å². The van der Waals surface area contributed by atoms with Crippen LogP contribution < -0.4 is 5.32 Å². The minimum Gasteiger partial charge on any atom is -0.338 e. The van der Waals surface area contributed by atoms with Crippen LogP contribution in [0.3, 0.4) is 0 Å². The number of amides is 2. The van der Waals surface area contributed by atoms with Crippen LogP contribution in [0.25, 0.3) is 0 Å². The van der Waals surface area contributed by atoms with E-state index in [2.05, 4.69) is 27.3 Å². The molecule has 0 spiro atoms. The first kappa shape index (κ1) is 16.7. The lowest BCUT2D eigenvalue weighted by atomic mass is 10.00. The lowest BCUT2D eigenvalue weighted by molar-refractivity contribution is -0.135. The zero-order valence-electron chi connectivity index (χ0n) is 13.5. The predicted octanol–water partition coefficient (Wildman–Crippen LogP) is 3.67. The molecule has 1 heterocycles. The molecule has 1 aliphatic heterocycles. The highest BCUT2D eigenvalue weighted by Crippen LogP contribution is 2.21. The first-order valence-corrected chi connectivity index (χ1v) is 8.73. The standard InChI is InChI=1S/C19H19BrN2O2/c1-13-10-16(20)6-7-17(13)21-18(23)11-19(24)22-9-8-14-4-2-3-5-15(14)12-22/h2-7,10H,8-9,11-12H2,1H3,(H,21,23). The van der Waals surface area contributed by atoms with Crippen LogP contribution in [0.5, 0.6) is 0 Å². The van der Waals surface area contributed by atoms with Crippen LogP contribution in [-0.4, -0.2) is 23.3 Å². The Balaban J connectivity index is 1.60. The third kappa shape index (κ3) is 3.85. The fourth-order valence-electron chi connectivity index (χ4n) is 2.92. The second kappa shape index (κ2) is 7.18. The Morgan fingerprint density at radius 3 is 2.67 bits per heavy atom. The van der Waals surface area contributed by atoms with E-state index >= 15 is 0 Å². The molecule has 2 aromatic rings. The molecule has 24 heavy (non-hydrogen) atoms. The van der Waals surface area contributed by atoms with Crippen LogP contribution in [0.15, 0.2) is 46.9 Å². The Morgan fingerprint density at radius 2 is 1.92 bits per heavy atom. The summed E-state index contributed by atoms with van der Waals surface area (Å²) in [5.74, 6) is -0.402. The van der Waals surface area contributed by atoms with Crippen molar-refractivity contribution in [2.24, 2.45) is 0 Å². The van der Waals surface area contributed by atoms with E-state index in [4.69, 9.17) is 0 Å². The van der Waals surface area contributed by atoms with Crippen LogP contribution >= 0.6 is 15.9 Å². The Bertz CT molecular complexity index is 789. The maximum atomic E-state index is 12.4. The molecule has 0 saturated carbocycles. The number of carbonyl (C=O) groups is 2. The Labute approximate surface area is 150 Å². The highest BCUT2D eigenvalue weighted by molar-refractivity contribution is 9.10. The first-order valence-electron chi connectivity index (χ1n) is 7.93. The van der Waals surface area contributed by atoms with E-state index in [9.17, 15) is 9.59 Å². The quantitative estimate of drug-likeness (QED) is 0.818. The van der Waals surface area contributed by atoms with Crippen molar-refractivity contribution in [1.29, 1.82) is 0 Å². The van der Waals surface area contributed by atoms with Crippen molar-refractivity contribution >= 4 is 33.4 Å². The van der Waals surface area contributed by atoms with Crippen molar-refractivity contribution in [2.45, 2.75) is 26.3 Å².